The highest BCUT2D eigenvalue weighted by atomic mass is 35.5. The van der Waals surface area contributed by atoms with Crippen molar-refractivity contribution in [1.82, 2.24) is 5.32 Å². The van der Waals surface area contributed by atoms with E-state index in [9.17, 15) is 4.39 Å². The molecule has 0 aromatic heterocycles. The van der Waals surface area contributed by atoms with E-state index in [0.29, 0.717) is 24.8 Å². The Balaban J connectivity index is 1.64. The molecule has 0 saturated heterocycles. The summed E-state index contributed by atoms with van der Waals surface area (Å²) in [6.07, 6.45) is 0.821. The number of ether oxygens (including phenoxy) is 2. The lowest BCUT2D eigenvalue weighted by Gasteiger charge is -2.17. The van der Waals surface area contributed by atoms with Crippen molar-refractivity contribution in [3.63, 3.8) is 0 Å². The Kier molecular flexibility index (Phi) is 7.91. The van der Waals surface area contributed by atoms with Gasteiger partial charge in [0.15, 0.2) is 11.5 Å². The van der Waals surface area contributed by atoms with Gasteiger partial charge in [-0.05, 0) is 49.7 Å². The molecule has 0 heterocycles. The third-order valence-electron chi connectivity index (χ3n) is 4.51. The Morgan fingerprint density at radius 1 is 0.897 bits per heavy atom. The highest BCUT2D eigenvalue weighted by molar-refractivity contribution is 6.31. The van der Waals surface area contributed by atoms with E-state index in [1.807, 2.05) is 61.5 Å². The summed E-state index contributed by atoms with van der Waals surface area (Å²) < 4.78 is 24.9. The van der Waals surface area contributed by atoms with Crippen LogP contribution in [0.15, 0.2) is 66.7 Å². The van der Waals surface area contributed by atoms with Gasteiger partial charge in [0.1, 0.15) is 12.4 Å². The van der Waals surface area contributed by atoms with E-state index in [2.05, 4.69) is 5.32 Å². The Bertz CT molecular complexity index is 915. The van der Waals surface area contributed by atoms with Gasteiger partial charge < -0.3 is 14.8 Å². The van der Waals surface area contributed by atoms with Gasteiger partial charge in [-0.1, -0.05) is 54.1 Å². The molecule has 1 N–H and O–H groups in total. The molecule has 0 radical (unpaired) electrons. The van der Waals surface area contributed by atoms with Crippen LogP contribution in [-0.4, -0.2) is 13.2 Å². The van der Waals surface area contributed by atoms with Crippen LogP contribution in [0.25, 0.3) is 0 Å². The largest absolute Gasteiger partial charge is 0.490 e. The van der Waals surface area contributed by atoms with Gasteiger partial charge in [-0.25, -0.2) is 4.39 Å². The lowest BCUT2D eigenvalue weighted by atomic mass is 10.1. The summed E-state index contributed by atoms with van der Waals surface area (Å²) in [7, 11) is 0. The topological polar surface area (TPSA) is 30.5 Å². The lowest BCUT2D eigenvalue weighted by molar-refractivity contribution is 0.266. The zero-order chi connectivity index (χ0) is 20.5. The van der Waals surface area contributed by atoms with E-state index in [1.165, 1.54) is 12.1 Å². The van der Waals surface area contributed by atoms with E-state index < -0.39 is 0 Å². The fourth-order valence-electron chi connectivity index (χ4n) is 3.01. The van der Waals surface area contributed by atoms with E-state index in [1.54, 1.807) is 0 Å². The first kappa shape index (κ1) is 21.2. The Morgan fingerprint density at radius 3 is 2.41 bits per heavy atom. The maximum Gasteiger partial charge on any atom is 0.166 e. The standard InChI is InChI=1S/C24H25ClFNO2/c1-2-28-23-9-5-7-19(16-27-15-14-18-10-12-21(26)13-11-18)24(23)29-17-20-6-3-4-8-22(20)25/h3-13,27H,2,14-17H2,1H3. The summed E-state index contributed by atoms with van der Waals surface area (Å²) in [4.78, 5) is 0. The van der Waals surface area contributed by atoms with Crippen LogP contribution in [0.4, 0.5) is 4.39 Å². The highest BCUT2D eigenvalue weighted by Crippen LogP contribution is 2.32. The van der Waals surface area contributed by atoms with Crippen molar-refractivity contribution in [2.45, 2.75) is 26.5 Å². The average Bonchev–Trinajstić information content (AvgIpc) is 2.73. The second-order valence-corrected chi connectivity index (χ2v) is 7.02. The summed E-state index contributed by atoms with van der Waals surface area (Å²) in [5.74, 6) is 1.23. The minimum absolute atomic E-state index is 0.213. The van der Waals surface area contributed by atoms with Crippen molar-refractivity contribution in [1.29, 1.82) is 0 Å². The summed E-state index contributed by atoms with van der Waals surface area (Å²) in [6, 6.07) is 20.1. The molecule has 0 amide bonds. The van der Waals surface area contributed by atoms with E-state index in [-0.39, 0.29) is 5.82 Å². The first-order chi connectivity index (χ1) is 14.2. The summed E-state index contributed by atoms with van der Waals surface area (Å²) in [5.41, 5.74) is 3.04. The fourth-order valence-corrected chi connectivity index (χ4v) is 3.20. The molecule has 3 rings (SSSR count). The van der Waals surface area contributed by atoms with Gasteiger partial charge in [0.2, 0.25) is 0 Å². The van der Waals surface area contributed by atoms with Crippen LogP contribution in [0.1, 0.15) is 23.6 Å². The SMILES string of the molecule is CCOc1cccc(CNCCc2ccc(F)cc2)c1OCc1ccccc1Cl. The van der Waals surface area contributed by atoms with Crippen molar-refractivity contribution < 1.29 is 13.9 Å². The molecular formula is C24H25ClFNO2. The highest BCUT2D eigenvalue weighted by Gasteiger charge is 2.12. The van der Waals surface area contributed by atoms with E-state index >= 15 is 0 Å². The molecule has 0 bridgehead atoms. The van der Waals surface area contributed by atoms with Gasteiger partial charge in [0, 0.05) is 22.7 Å². The monoisotopic (exact) mass is 413 g/mol. The van der Waals surface area contributed by atoms with Crippen LogP contribution in [0.3, 0.4) is 0 Å². The maximum atomic E-state index is 13.0. The molecule has 0 unspecified atom stereocenters. The molecule has 3 nitrogen and oxygen atoms in total. The van der Waals surface area contributed by atoms with Crippen LogP contribution in [0, 0.1) is 5.82 Å². The van der Waals surface area contributed by atoms with Gasteiger partial charge >= 0.3 is 0 Å². The Labute approximate surface area is 176 Å². The summed E-state index contributed by atoms with van der Waals surface area (Å²) in [5, 5.41) is 4.11. The van der Waals surface area contributed by atoms with Crippen molar-refractivity contribution in [3.8, 4) is 11.5 Å². The van der Waals surface area contributed by atoms with Crippen LogP contribution < -0.4 is 14.8 Å². The van der Waals surface area contributed by atoms with Crippen molar-refractivity contribution >= 4 is 11.6 Å². The van der Waals surface area contributed by atoms with Crippen LogP contribution in [-0.2, 0) is 19.6 Å². The zero-order valence-electron chi connectivity index (χ0n) is 16.5. The smallest absolute Gasteiger partial charge is 0.166 e. The molecule has 0 aliphatic heterocycles. The van der Waals surface area contributed by atoms with Crippen molar-refractivity contribution in [2.24, 2.45) is 0 Å². The third-order valence-corrected chi connectivity index (χ3v) is 4.88. The van der Waals surface area contributed by atoms with Gasteiger partial charge in [0.05, 0.1) is 6.61 Å². The molecule has 0 aliphatic rings. The average molecular weight is 414 g/mol. The fraction of sp³-hybridized carbons (Fsp3) is 0.250. The number of hydrogen-bond acceptors (Lipinski definition) is 3. The lowest BCUT2D eigenvalue weighted by Crippen LogP contribution is -2.17. The van der Waals surface area contributed by atoms with Crippen LogP contribution in [0.2, 0.25) is 5.02 Å². The van der Waals surface area contributed by atoms with Gasteiger partial charge in [-0.2, -0.15) is 0 Å². The van der Waals surface area contributed by atoms with Crippen LogP contribution >= 0.6 is 11.6 Å². The minimum atomic E-state index is -0.213. The minimum Gasteiger partial charge on any atom is -0.490 e. The molecule has 0 fully saturated rings. The third kappa shape index (κ3) is 6.21. The normalized spacial score (nSPS) is 10.7. The zero-order valence-corrected chi connectivity index (χ0v) is 17.2. The molecule has 0 atom stereocenters. The molecule has 0 spiro atoms. The van der Waals surface area contributed by atoms with Gasteiger partial charge in [-0.3, -0.25) is 0 Å². The predicted octanol–water partition coefficient (Wildman–Crippen LogP) is 5.79. The Hall–Kier alpha value is -2.56. The molecule has 3 aromatic carbocycles. The summed E-state index contributed by atoms with van der Waals surface area (Å²) >= 11 is 6.25. The summed E-state index contributed by atoms with van der Waals surface area (Å²) in [6.45, 7) is 4.29. The molecule has 3 aromatic rings. The Morgan fingerprint density at radius 2 is 1.66 bits per heavy atom. The molecule has 152 valence electrons. The predicted molar refractivity (Wildman–Crippen MR) is 115 cm³/mol. The number of halogens is 2. The molecule has 0 saturated carbocycles. The van der Waals surface area contributed by atoms with Gasteiger partial charge in [-0.15, -0.1) is 0 Å². The number of para-hydroxylation sites is 1. The molecule has 29 heavy (non-hydrogen) atoms. The molecule has 5 heteroatoms. The molecular weight excluding hydrogens is 389 g/mol. The molecule has 0 aliphatic carbocycles. The van der Waals surface area contributed by atoms with E-state index in [0.717, 1.165) is 41.2 Å². The second-order valence-electron chi connectivity index (χ2n) is 6.61. The number of hydrogen-bond donors (Lipinski definition) is 1. The first-order valence-corrected chi connectivity index (χ1v) is 10.1. The first-order valence-electron chi connectivity index (χ1n) is 9.73. The van der Waals surface area contributed by atoms with E-state index in [4.69, 9.17) is 21.1 Å². The number of nitrogens with one attached hydrogen (secondary N) is 1. The van der Waals surface area contributed by atoms with Crippen molar-refractivity contribution in [2.75, 3.05) is 13.2 Å². The van der Waals surface area contributed by atoms with Crippen molar-refractivity contribution in [3.05, 3.63) is 94.3 Å². The maximum absolute atomic E-state index is 13.0. The quantitative estimate of drug-likeness (QED) is 0.427. The number of benzene rings is 3. The number of rotatable bonds is 10. The second kappa shape index (κ2) is 10.8. The van der Waals surface area contributed by atoms with Crippen LogP contribution in [0.5, 0.6) is 11.5 Å². The van der Waals surface area contributed by atoms with Gasteiger partial charge in [0.25, 0.3) is 0 Å².